The lowest BCUT2D eigenvalue weighted by Gasteiger charge is -2.42. The van der Waals surface area contributed by atoms with Crippen LogP contribution in [-0.4, -0.2) is 130 Å². The molecule has 0 radical (unpaired) electrons. The smallest absolute Gasteiger partial charge is 0.329 e. The number of cyclic esters (lactones) is 1. The van der Waals surface area contributed by atoms with Crippen molar-refractivity contribution in [3.8, 4) is 0 Å². The number of piperidine rings is 1. The molecule has 4 aliphatic rings. The highest BCUT2D eigenvalue weighted by Gasteiger charge is 2.53. The van der Waals surface area contributed by atoms with E-state index in [1.165, 1.54) is 7.11 Å². The van der Waals surface area contributed by atoms with Crippen molar-refractivity contribution < 1.29 is 63.3 Å². The average molecular weight is 902 g/mol. The third-order valence-corrected chi connectivity index (χ3v) is 14.6. The Bertz CT molecular complexity index is 1690. The molecule has 64 heavy (non-hydrogen) atoms. The number of hydrogen-bond acceptors (Lipinski definition) is 13. The zero-order valence-electron chi connectivity index (χ0n) is 39.9. The molecule has 3 heterocycles. The zero-order valence-corrected chi connectivity index (χ0v) is 39.9. The predicted molar refractivity (Wildman–Crippen MR) is 240 cm³/mol. The predicted octanol–water partition coefficient (Wildman–Crippen LogP) is 5.75. The van der Waals surface area contributed by atoms with Crippen LogP contribution in [0.1, 0.15) is 138 Å². The van der Waals surface area contributed by atoms with E-state index in [2.05, 4.69) is 6.92 Å². The molecule has 0 aromatic heterocycles. The Morgan fingerprint density at radius 2 is 1.59 bits per heavy atom. The van der Waals surface area contributed by atoms with Crippen LogP contribution in [0, 0.1) is 35.5 Å². The number of aliphatic hydroxyl groups is 4. The van der Waals surface area contributed by atoms with Gasteiger partial charge in [0.15, 0.2) is 5.78 Å². The van der Waals surface area contributed by atoms with Crippen molar-refractivity contribution >= 4 is 29.2 Å². The van der Waals surface area contributed by atoms with E-state index in [-0.39, 0.29) is 61.2 Å². The number of nitrogens with zero attached hydrogens (tertiary/aromatic N) is 1. The normalized spacial score (nSPS) is 40.6. The van der Waals surface area contributed by atoms with Crippen LogP contribution >= 0.6 is 0 Å². The van der Waals surface area contributed by atoms with Gasteiger partial charge in [0, 0.05) is 51.4 Å². The summed E-state index contributed by atoms with van der Waals surface area (Å²) in [6.07, 6.45) is 7.83. The summed E-state index contributed by atoms with van der Waals surface area (Å²) in [5.74, 6) is -7.92. The molecular weight excluding hydrogens is 823 g/mol. The number of esters is 1. The number of hydrogen-bond donors (Lipinski definition) is 4. The van der Waals surface area contributed by atoms with E-state index in [1.807, 2.05) is 26.0 Å². The van der Waals surface area contributed by atoms with Gasteiger partial charge >= 0.3 is 5.97 Å². The monoisotopic (exact) mass is 902 g/mol. The minimum absolute atomic E-state index is 0.0719. The first-order valence-corrected chi connectivity index (χ1v) is 23.9. The summed E-state index contributed by atoms with van der Waals surface area (Å²) >= 11 is 0. The van der Waals surface area contributed by atoms with Crippen LogP contribution in [0.15, 0.2) is 35.5 Å². The summed E-state index contributed by atoms with van der Waals surface area (Å²) < 4.78 is 23.4. The second kappa shape index (κ2) is 24.6. The molecule has 0 aromatic carbocycles. The van der Waals surface area contributed by atoms with Gasteiger partial charge in [-0.3, -0.25) is 19.2 Å². The molecule has 4 rings (SSSR count). The molecule has 15 atom stereocenters. The van der Waals surface area contributed by atoms with Crippen LogP contribution in [0.25, 0.3) is 0 Å². The first-order valence-electron chi connectivity index (χ1n) is 23.9. The van der Waals surface area contributed by atoms with Crippen LogP contribution in [0.5, 0.6) is 0 Å². The molecule has 1 saturated carbocycles. The molecule has 3 fully saturated rings. The van der Waals surface area contributed by atoms with Crippen molar-refractivity contribution in [1.29, 1.82) is 0 Å². The lowest BCUT2D eigenvalue weighted by atomic mass is 9.78. The van der Waals surface area contributed by atoms with Gasteiger partial charge in [0.2, 0.25) is 5.79 Å². The van der Waals surface area contributed by atoms with Gasteiger partial charge in [0.1, 0.15) is 30.1 Å². The van der Waals surface area contributed by atoms with Gasteiger partial charge in [-0.25, -0.2) is 4.79 Å². The van der Waals surface area contributed by atoms with Crippen LogP contribution in [0.4, 0.5) is 0 Å². The van der Waals surface area contributed by atoms with Gasteiger partial charge in [-0.1, -0.05) is 58.9 Å². The molecule has 0 spiro atoms. The molecule has 1 aliphatic carbocycles. The molecule has 1 amide bonds. The Hall–Kier alpha value is -3.11. The Balaban J connectivity index is 1.68. The third kappa shape index (κ3) is 14.0. The number of methoxy groups -OCH3 is 2. The fourth-order valence-corrected chi connectivity index (χ4v) is 10.1. The molecule has 3 aliphatic heterocycles. The Morgan fingerprint density at radius 3 is 2.28 bits per heavy atom. The lowest BCUT2D eigenvalue weighted by Crippen LogP contribution is -2.61. The quantitative estimate of drug-likeness (QED) is 0.148. The number of carbonyl (C=O) groups excluding carboxylic acids is 5. The summed E-state index contributed by atoms with van der Waals surface area (Å²) in [6, 6.07) is -1.15. The van der Waals surface area contributed by atoms with E-state index in [9.17, 15) is 44.4 Å². The molecule has 2 bridgehead atoms. The van der Waals surface area contributed by atoms with Gasteiger partial charge in [0.25, 0.3) is 11.7 Å². The maximum Gasteiger partial charge on any atom is 0.329 e. The first kappa shape index (κ1) is 53.5. The SMILES string of the molecule is CO[C@@H]1C[C@@H](C[C@@H](C)[C@@H]2CC(=O)[C@H](C)/C=C(\C)[C@@H](O)[C@@H](OC)C(=O)[C@H](C)C[C@H](C)CC/C=C/C=C(\C)[C@@H](O)C[C@@H]3CC[C@@H](C)[C@@](O)(O3)C(=O)C(=O)N3CCCC[C@H]3C(=O)O2)CC[C@H]1O. The third-order valence-electron chi connectivity index (χ3n) is 14.6. The molecule has 14 heteroatoms. The lowest BCUT2D eigenvalue weighted by molar-refractivity contribution is -0.265. The van der Waals surface area contributed by atoms with Crippen molar-refractivity contribution in [1.82, 2.24) is 4.90 Å². The van der Waals surface area contributed by atoms with Gasteiger partial charge in [0.05, 0.1) is 24.4 Å². The second-order valence-corrected chi connectivity index (χ2v) is 19.7. The minimum Gasteiger partial charge on any atom is -0.460 e. The number of amides is 1. The van der Waals surface area contributed by atoms with Crippen LogP contribution in [0.3, 0.4) is 0 Å². The number of ketones is 3. The molecule has 362 valence electrons. The number of carbonyl (C=O) groups is 5. The van der Waals surface area contributed by atoms with Crippen molar-refractivity contribution in [3.05, 3.63) is 35.5 Å². The standard InChI is InChI=1S/C50H79NO13/c1-29-15-11-10-12-16-30(2)40(53)27-37-20-18-35(7)50(60,64-37)47(57)48(58)51-22-14-13-17-38(51)49(59)63-42(32(4)25-36-19-21-39(52)43(26-36)61-8)28-41(54)31(3)24-34(6)45(56)46(62-9)44(55)33(5)23-29/h10,12,16,24,29,31-33,35-40,42-43,45-46,52-53,56,60H,11,13-15,17-23,25-28H2,1-9H3/b12-10+,30-16+,34-24+/t29-,31-,32-,33-,35-,36-,37+,38+,39-,40+,42+,43-,45-,46+,50-/m1/s1. The molecule has 0 unspecified atom stereocenters. The Morgan fingerprint density at radius 1 is 0.875 bits per heavy atom. The summed E-state index contributed by atoms with van der Waals surface area (Å²) in [7, 11) is 2.94. The van der Waals surface area contributed by atoms with Crippen molar-refractivity contribution in [2.45, 2.75) is 193 Å². The number of Topliss-reactive ketones (excluding diaryl/α,β-unsaturated/α-hetero) is 3. The highest BCUT2D eigenvalue weighted by Crippen LogP contribution is 2.37. The largest absolute Gasteiger partial charge is 0.460 e. The molecule has 0 aromatic rings. The van der Waals surface area contributed by atoms with E-state index in [0.717, 1.165) is 24.2 Å². The summed E-state index contributed by atoms with van der Waals surface area (Å²) in [6.45, 7) is 12.6. The Kier molecular flexibility index (Phi) is 20.6. The van der Waals surface area contributed by atoms with E-state index < -0.39 is 83.9 Å². The van der Waals surface area contributed by atoms with E-state index in [0.29, 0.717) is 62.5 Å². The Labute approximate surface area is 381 Å². The fourth-order valence-electron chi connectivity index (χ4n) is 10.1. The van der Waals surface area contributed by atoms with Crippen molar-refractivity contribution in [2.75, 3.05) is 20.8 Å². The van der Waals surface area contributed by atoms with Gasteiger partial charge in [-0.15, -0.1) is 0 Å². The minimum atomic E-state index is -2.47. The van der Waals surface area contributed by atoms with Gasteiger partial charge in [-0.05, 0) is 120 Å². The molecule has 14 nitrogen and oxygen atoms in total. The molecule has 4 N–H and O–H groups in total. The average Bonchev–Trinajstić information content (AvgIpc) is 3.26. The molecular formula is C50H79NO13. The van der Waals surface area contributed by atoms with Gasteiger partial charge < -0.3 is 44.3 Å². The maximum absolute atomic E-state index is 14.3. The summed E-state index contributed by atoms with van der Waals surface area (Å²) in [5, 5.41) is 44.8. The van der Waals surface area contributed by atoms with Crippen molar-refractivity contribution in [3.63, 3.8) is 0 Å². The number of rotatable bonds is 5. The summed E-state index contributed by atoms with van der Waals surface area (Å²) in [4.78, 5) is 71.5. The zero-order chi connectivity index (χ0) is 47.5. The second-order valence-electron chi connectivity index (χ2n) is 19.7. The summed E-state index contributed by atoms with van der Waals surface area (Å²) in [5.41, 5.74) is 1.05. The van der Waals surface area contributed by atoms with E-state index in [1.54, 1.807) is 47.0 Å². The number of ether oxygens (including phenoxy) is 4. The van der Waals surface area contributed by atoms with E-state index in [4.69, 9.17) is 18.9 Å². The number of fused-ring (bicyclic) bond motifs is 3. The number of allylic oxidation sites excluding steroid dienone is 4. The van der Waals surface area contributed by atoms with E-state index >= 15 is 0 Å². The van der Waals surface area contributed by atoms with Crippen LogP contribution in [0.2, 0.25) is 0 Å². The van der Waals surface area contributed by atoms with Crippen LogP contribution < -0.4 is 0 Å². The van der Waals surface area contributed by atoms with Crippen molar-refractivity contribution in [2.24, 2.45) is 35.5 Å². The fraction of sp³-hybridized carbons (Fsp3) is 0.780. The van der Waals surface area contributed by atoms with Crippen LogP contribution in [-0.2, 0) is 42.9 Å². The maximum atomic E-state index is 14.3. The topological polar surface area (TPSA) is 206 Å². The highest BCUT2D eigenvalue weighted by molar-refractivity contribution is 6.39. The highest BCUT2D eigenvalue weighted by atomic mass is 16.6. The molecule has 2 saturated heterocycles. The first-order chi connectivity index (χ1) is 30.2. The van der Waals surface area contributed by atoms with Gasteiger partial charge in [-0.2, -0.15) is 0 Å². The number of aliphatic hydroxyl groups excluding tert-OH is 3.